The van der Waals surface area contributed by atoms with Crippen molar-refractivity contribution in [1.29, 1.82) is 0 Å². The van der Waals surface area contributed by atoms with Gasteiger partial charge in [-0.05, 0) is 41.3 Å². The van der Waals surface area contributed by atoms with Crippen LogP contribution in [0.3, 0.4) is 0 Å². The van der Waals surface area contributed by atoms with Gasteiger partial charge in [-0.1, -0.05) is 38.1 Å². The van der Waals surface area contributed by atoms with Gasteiger partial charge in [0.05, 0.1) is 6.04 Å². The zero-order valence-corrected chi connectivity index (χ0v) is 16.2. The molecule has 0 spiro atoms. The molecule has 5 nitrogen and oxygen atoms in total. The number of anilines is 1. The summed E-state index contributed by atoms with van der Waals surface area (Å²) in [4.78, 5) is 17.3. The number of nitrogens with one attached hydrogen (secondary N) is 2. The molecule has 0 saturated heterocycles. The average Bonchev–Trinajstić information content (AvgIpc) is 3.11. The third kappa shape index (κ3) is 4.19. The molecule has 0 fully saturated rings. The summed E-state index contributed by atoms with van der Waals surface area (Å²) in [5.41, 5.74) is 3.80. The molecular formula is C22H26N4O. The highest BCUT2D eigenvalue weighted by molar-refractivity contribution is 5.95. The summed E-state index contributed by atoms with van der Waals surface area (Å²) in [5, 5.41) is 6.25. The van der Waals surface area contributed by atoms with Crippen LogP contribution in [-0.2, 0) is 7.05 Å². The summed E-state index contributed by atoms with van der Waals surface area (Å²) in [5.74, 6) is 0.995. The highest BCUT2D eigenvalue weighted by Crippen LogP contribution is 2.24. The first-order valence-electron chi connectivity index (χ1n) is 9.16. The van der Waals surface area contributed by atoms with Crippen molar-refractivity contribution in [2.45, 2.75) is 19.9 Å². The molecule has 0 saturated carbocycles. The second kappa shape index (κ2) is 8.08. The van der Waals surface area contributed by atoms with Crippen LogP contribution < -0.4 is 10.6 Å². The Balaban J connectivity index is 1.83. The molecule has 0 aliphatic carbocycles. The van der Waals surface area contributed by atoms with E-state index < -0.39 is 0 Å². The highest BCUT2D eigenvalue weighted by Gasteiger charge is 2.22. The maximum atomic E-state index is 12.9. The lowest BCUT2D eigenvalue weighted by atomic mass is 10.0. The number of amides is 1. The molecule has 27 heavy (non-hydrogen) atoms. The van der Waals surface area contributed by atoms with E-state index in [1.807, 2.05) is 73.4 Å². The Kier molecular flexibility index (Phi) is 5.60. The Morgan fingerprint density at radius 3 is 2.41 bits per heavy atom. The molecule has 5 heteroatoms. The summed E-state index contributed by atoms with van der Waals surface area (Å²) >= 11 is 0. The van der Waals surface area contributed by atoms with Crippen molar-refractivity contribution >= 4 is 11.6 Å². The number of hydrogen-bond acceptors (Lipinski definition) is 3. The molecule has 140 valence electrons. The molecule has 0 aliphatic rings. The van der Waals surface area contributed by atoms with Gasteiger partial charge in [-0.15, -0.1) is 0 Å². The Morgan fingerprint density at radius 1 is 1.07 bits per heavy atom. The zero-order valence-electron chi connectivity index (χ0n) is 16.2. The number of hydrogen-bond donors (Lipinski definition) is 2. The lowest BCUT2D eigenvalue weighted by Gasteiger charge is -2.22. The molecular weight excluding hydrogens is 336 g/mol. The fourth-order valence-electron chi connectivity index (χ4n) is 3.10. The lowest BCUT2D eigenvalue weighted by Crippen LogP contribution is -2.33. The van der Waals surface area contributed by atoms with Crippen molar-refractivity contribution in [2.75, 3.05) is 12.4 Å². The molecule has 0 unspecified atom stereocenters. The monoisotopic (exact) mass is 362 g/mol. The summed E-state index contributed by atoms with van der Waals surface area (Å²) in [6.45, 7) is 4.17. The van der Waals surface area contributed by atoms with Gasteiger partial charge in [-0.25, -0.2) is 4.98 Å². The third-order valence-electron chi connectivity index (χ3n) is 4.72. The van der Waals surface area contributed by atoms with E-state index in [1.54, 1.807) is 6.20 Å². The lowest BCUT2D eigenvalue weighted by molar-refractivity contribution is 0.0922. The number of aromatic nitrogens is 2. The van der Waals surface area contributed by atoms with Crippen LogP contribution in [0.25, 0.3) is 11.1 Å². The van der Waals surface area contributed by atoms with Crippen LogP contribution in [0.4, 0.5) is 5.69 Å². The van der Waals surface area contributed by atoms with Crippen LogP contribution in [0.1, 0.15) is 36.1 Å². The number of carbonyl (C=O) groups is 1. The van der Waals surface area contributed by atoms with Crippen LogP contribution in [-0.4, -0.2) is 22.5 Å². The molecule has 1 heterocycles. The van der Waals surface area contributed by atoms with Crippen LogP contribution in [0.2, 0.25) is 0 Å². The Bertz CT molecular complexity index is 912. The summed E-state index contributed by atoms with van der Waals surface area (Å²) < 4.78 is 1.95. The standard InChI is InChI=1S/C22H26N4O/c1-15(2)20(21-24-12-13-26(21)4)25-22(27)18-7-5-6-17(14-18)16-8-10-19(23-3)11-9-16/h5-15,20,23H,1-4H3,(H,25,27)/t20-/m1/s1. The normalized spacial score (nSPS) is 12.0. The number of aryl methyl sites for hydroxylation is 1. The Hall–Kier alpha value is -3.08. The van der Waals surface area contributed by atoms with E-state index in [0.717, 1.165) is 22.6 Å². The van der Waals surface area contributed by atoms with Crippen molar-refractivity contribution in [3.05, 3.63) is 72.3 Å². The van der Waals surface area contributed by atoms with Gasteiger partial charge in [0.25, 0.3) is 5.91 Å². The number of rotatable bonds is 6. The van der Waals surface area contributed by atoms with Gasteiger partial charge in [0, 0.05) is 37.7 Å². The van der Waals surface area contributed by atoms with Gasteiger partial charge in [0.2, 0.25) is 0 Å². The fourth-order valence-corrected chi connectivity index (χ4v) is 3.10. The SMILES string of the molecule is CNc1ccc(-c2cccc(C(=O)N[C@@H](c3nccn3C)C(C)C)c2)cc1. The zero-order chi connectivity index (χ0) is 19.4. The largest absolute Gasteiger partial charge is 0.388 e. The average molecular weight is 362 g/mol. The summed E-state index contributed by atoms with van der Waals surface area (Å²) in [6.07, 6.45) is 3.65. The van der Waals surface area contributed by atoms with Gasteiger partial charge in [0.1, 0.15) is 5.82 Å². The van der Waals surface area contributed by atoms with E-state index in [-0.39, 0.29) is 17.9 Å². The van der Waals surface area contributed by atoms with Crippen LogP contribution in [0, 0.1) is 5.92 Å². The maximum Gasteiger partial charge on any atom is 0.251 e. The topological polar surface area (TPSA) is 59.0 Å². The van der Waals surface area contributed by atoms with Crippen molar-refractivity contribution in [1.82, 2.24) is 14.9 Å². The van der Waals surface area contributed by atoms with Gasteiger partial charge < -0.3 is 15.2 Å². The number of nitrogens with zero attached hydrogens (tertiary/aromatic N) is 2. The number of imidazole rings is 1. The molecule has 0 radical (unpaired) electrons. The van der Waals surface area contributed by atoms with Gasteiger partial charge in [0.15, 0.2) is 0 Å². The van der Waals surface area contributed by atoms with Crippen LogP contribution in [0.15, 0.2) is 60.9 Å². The predicted molar refractivity (Wildman–Crippen MR) is 110 cm³/mol. The first kappa shape index (κ1) is 18.7. The van der Waals surface area contributed by atoms with Gasteiger partial charge in [-0.3, -0.25) is 4.79 Å². The molecule has 1 amide bonds. The van der Waals surface area contributed by atoms with E-state index in [1.165, 1.54) is 0 Å². The second-order valence-corrected chi connectivity index (χ2v) is 7.00. The molecule has 3 aromatic rings. The molecule has 2 aromatic carbocycles. The summed E-state index contributed by atoms with van der Waals surface area (Å²) in [6, 6.07) is 15.7. The van der Waals surface area contributed by atoms with Crippen molar-refractivity contribution in [3.8, 4) is 11.1 Å². The van der Waals surface area contributed by atoms with Gasteiger partial charge >= 0.3 is 0 Å². The molecule has 2 N–H and O–H groups in total. The highest BCUT2D eigenvalue weighted by atomic mass is 16.1. The Morgan fingerprint density at radius 2 is 1.81 bits per heavy atom. The quantitative estimate of drug-likeness (QED) is 0.689. The number of benzene rings is 2. The smallest absolute Gasteiger partial charge is 0.251 e. The van der Waals surface area contributed by atoms with Crippen LogP contribution >= 0.6 is 0 Å². The minimum atomic E-state index is -0.143. The molecule has 0 aliphatic heterocycles. The second-order valence-electron chi connectivity index (χ2n) is 7.00. The van der Waals surface area contributed by atoms with E-state index in [9.17, 15) is 4.79 Å². The van der Waals surface area contributed by atoms with Crippen LogP contribution in [0.5, 0.6) is 0 Å². The minimum absolute atomic E-state index is 0.0922. The number of carbonyl (C=O) groups excluding carboxylic acids is 1. The van der Waals surface area contributed by atoms with Gasteiger partial charge in [-0.2, -0.15) is 0 Å². The van der Waals surface area contributed by atoms with Crippen molar-refractivity contribution < 1.29 is 4.79 Å². The Labute approximate surface area is 160 Å². The van der Waals surface area contributed by atoms with E-state index in [4.69, 9.17) is 0 Å². The van der Waals surface area contributed by atoms with E-state index in [2.05, 4.69) is 29.5 Å². The first-order chi connectivity index (χ1) is 13.0. The van der Waals surface area contributed by atoms with E-state index in [0.29, 0.717) is 5.56 Å². The molecule has 3 rings (SSSR count). The maximum absolute atomic E-state index is 12.9. The summed E-state index contributed by atoms with van der Waals surface area (Å²) in [7, 11) is 3.84. The van der Waals surface area contributed by atoms with Crippen molar-refractivity contribution in [2.24, 2.45) is 13.0 Å². The van der Waals surface area contributed by atoms with Crippen molar-refractivity contribution in [3.63, 3.8) is 0 Å². The first-order valence-corrected chi connectivity index (χ1v) is 9.16. The molecule has 0 bridgehead atoms. The molecule has 1 aromatic heterocycles. The predicted octanol–water partition coefficient (Wildman–Crippen LogP) is 4.26. The van der Waals surface area contributed by atoms with E-state index >= 15 is 0 Å². The molecule has 1 atom stereocenters. The minimum Gasteiger partial charge on any atom is -0.388 e. The third-order valence-corrected chi connectivity index (χ3v) is 4.72. The fraction of sp³-hybridized carbons (Fsp3) is 0.273.